The quantitative estimate of drug-likeness (QED) is 0.727. The molecule has 0 aliphatic rings. The standard InChI is InChI=1S/C14H22N2O2/c1-10-7-8-13(18-2)11(9-10)12(15)5-3-4-6-14(16)17/h7-9,12H,3-6,15H2,1-2H3,(H2,16,17). The molecule has 1 unspecified atom stereocenters. The molecule has 0 aromatic heterocycles. The zero-order valence-electron chi connectivity index (χ0n) is 11.1. The summed E-state index contributed by atoms with van der Waals surface area (Å²) < 4.78 is 5.31. The van der Waals surface area contributed by atoms with Crippen molar-refractivity contribution >= 4 is 5.91 Å². The fourth-order valence-electron chi connectivity index (χ4n) is 1.96. The number of aryl methyl sites for hydroxylation is 1. The van der Waals surface area contributed by atoms with Gasteiger partial charge in [-0.25, -0.2) is 0 Å². The molecular weight excluding hydrogens is 228 g/mol. The highest BCUT2D eigenvalue weighted by atomic mass is 16.5. The van der Waals surface area contributed by atoms with Crippen molar-refractivity contribution in [3.8, 4) is 5.75 Å². The van der Waals surface area contributed by atoms with Crippen LogP contribution in [0.3, 0.4) is 0 Å². The number of primary amides is 1. The molecule has 4 N–H and O–H groups in total. The van der Waals surface area contributed by atoms with Gasteiger partial charge in [0.05, 0.1) is 7.11 Å². The second kappa shape index (κ2) is 7.01. The van der Waals surface area contributed by atoms with E-state index in [4.69, 9.17) is 16.2 Å². The lowest BCUT2D eigenvalue weighted by molar-refractivity contribution is -0.118. The minimum atomic E-state index is -0.253. The van der Waals surface area contributed by atoms with E-state index in [1.807, 2.05) is 19.1 Å². The highest BCUT2D eigenvalue weighted by Gasteiger charge is 2.12. The predicted octanol–water partition coefficient (Wildman–Crippen LogP) is 2.05. The van der Waals surface area contributed by atoms with Gasteiger partial charge >= 0.3 is 0 Å². The number of hydrogen-bond donors (Lipinski definition) is 2. The second-order valence-corrected chi connectivity index (χ2v) is 4.56. The molecule has 4 heteroatoms. The summed E-state index contributed by atoms with van der Waals surface area (Å²) in [5, 5.41) is 0. The van der Waals surface area contributed by atoms with Crippen molar-refractivity contribution < 1.29 is 9.53 Å². The number of amides is 1. The minimum Gasteiger partial charge on any atom is -0.496 e. The average molecular weight is 250 g/mol. The van der Waals surface area contributed by atoms with Crippen molar-refractivity contribution in [3.05, 3.63) is 29.3 Å². The van der Waals surface area contributed by atoms with Gasteiger partial charge in [0, 0.05) is 18.0 Å². The van der Waals surface area contributed by atoms with Crippen molar-refractivity contribution in [2.45, 2.75) is 38.6 Å². The first-order valence-corrected chi connectivity index (χ1v) is 6.23. The summed E-state index contributed by atoms with van der Waals surface area (Å²) >= 11 is 0. The summed E-state index contributed by atoms with van der Waals surface area (Å²) in [5.41, 5.74) is 13.4. The van der Waals surface area contributed by atoms with Crippen LogP contribution in [0.5, 0.6) is 5.75 Å². The molecule has 0 heterocycles. The summed E-state index contributed by atoms with van der Waals surface area (Å²) in [6.07, 6.45) is 2.93. The monoisotopic (exact) mass is 250 g/mol. The molecule has 0 fully saturated rings. The van der Waals surface area contributed by atoms with E-state index < -0.39 is 0 Å². The van der Waals surface area contributed by atoms with Gasteiger partial charge < -0.3 is 16.2 Å². The highest BCUT2D eigenvalue weighted by Crippen LogP contribution is 2.27. The number of ether oxygens (including phenoxy) is 1. The van der Waals surface area contributed by atoms with E-state index in [2.05, 4.69) is 6.07 Å². The molecule has 0 aliphatic carbocycles. The number of rotatable bonds is 7. The smallest absolute Gasteiger partial charge is 0.217 e. The van der Waals surface area contributed by atoms with Crippen LogP contribution in [0, 0.1) is 6.92 Å². The number of nitrogens with two attached hydrogens (primary N) is 2. The van der Waals surface area contributed by atoms with E-state index >= 15 is 0 Å². The fraction of sp³-hybridized carbons (Fsp3) is 0.500. The Morgan fingerprint density at radius 2 is 2.11 bits per heavy atom. The SMILES string of the molecule is COc1ccc(C)cc1C(N)CCCCC(N)=O. The molecule has 0 spiro atoms. The number of benzene rings is 1. The lowest BCUT2D eigenvalue weighted by Crippen LogP contribution is -2.13. The van der Waals surface area contributed by atoms with Gasteiger partial charge in [-0.15, -0.1) is 0 Å². The van der Waals surface area contributed by atoms with E-state index in [0.29, 0.717) is 6.42 Å². The molecule has 0 radical (unpaired) electrons. The molecule has 0 bridgehead atoms. The number of hydrogen-bond acceptors (Lipinski definition) is 3. The molecule has 4 nitrogen and oxygen atoms in total. The Morgan fingerprint density at radius 3 is 2.72 bits per heavy atom. The average Bonchev–Trinajstić information content (AvgIpc) is 2.34. The van der Waals surface area contributed by atoms with Crippen LogP contribution in [0.15, 0.2) is 18.2 Å². The van der Waals surface area contributed by atoms with E-state index in [-0.39, 0.29) is 11.9 Å². The lowest BCUT2D eigenvalue weighted by Gasteiger charge is -2.16. The summed E-state index contributed by atoms with van der Waals surface area (Å²) in [6, 6.07) is 5.93. The van der Waals surface area contributed by atoms with Crippen LogP contribution in [0.1, 0.15) is 42.9 Å². The van der Waals surface area contributed by atoms with E-state index in [9.17, 15) is 4.79 Å². The maximum Gasteiger partial charge on any atom is 0.217 e. The van der Waals surface area contributed by atoms with Gasteiger partial charge in [-0.05, 0) is 25.8 Å². The molecule has 1 aromatic rings. The molecule has 1 rings (SSSR count). The highest BCUT2D eigenvalue weighted by molar-refractivity contribution is 5.73. The molecule has 0 saturated carbocycles. The van der Waals surface area contributed by atoms with Gasteiger partial charge in [0.1, 0.15) is 5.75 Å². The Morgan fingerprint density at radius 1 is 1.39 bits per heavy atom. The molecule has 100 valence electrons. The maximum atomic E-state index is 10.6. The lowest BCUT2D eigenvalue weighted by atomic mass is 9.98. The summed E-state index contributed by atoms with van der Waals surface area (Å²) in [7, 11) is 1.65. The third kappa shape index (κ3) is 4.37. The molecule has 0 aliphatic heterocycles. The van der Waals surface area contributed by atoms with Crippen molar-refractivity contribution in [3.63, 3.8) is 0 Å². The molecule has 1 atom stereocenters. The van der Waals surface area contributed by atoms with Gasteiger partial charge in [0.15, 0.2) is 0 Å². The maximum absolute atomic E-state index is 10.6. The third-order valence-corrected chi connectivity index (χ3v) is 2.97. The zero-order valence-corrected chi connectivity index (χ0v) is 11.1. The van der Waals surface area contributed by atoms with Gasteiger partial charge in [0.25, 0.3) is 0 Å². The normalized spacial score (nSPS) is 12.2. The Hall–Kier alpha value is -1.55. The second-order valence-electron chi connectivity index (χ2n) is 4.56. The van der Waals surface area contributed by atoms with Gasteiger partial charge in [-0.1, -0.05) is 24.1 Å². The molecule has 1 amide bonds. The van der Waals surface area contributed by atoms with Crippen LogP contribution in [-0.2, 0) is 4.79 Å². The number of carbonyl (C=O) groups excluding carboxylic acids is 1. The fourth-order valence-corrected chi connectivity index (χ4v) is 1.96. The molecular formula is C14H22N2O2. The Kier molecular flexibility index (Phi) is 5.65. The van der Waals surface area contributed by atoms with Gasteiger partial charge in [-0.2, -0.15) is 0 Å². The number of unbranched alkanes of at least 4 members (excludes halogenated alkanes) is 1. The molecule has 1 aromatic carbocycles. The Bertz CT molecular complexity index is 405. The minimum absolute atomic E-state index is 0.0623. The first kappa shape index (κ1) is 14.5. The Labute approximate surface area is 108 Å². The van der Waals surface area contributed by atoms with Crippen LogP contribution in [0.2, 0.25) is 0 Å². The van der Waals surface area contributed by atoms with E-state index in [1.165, 1.54) is 5.56 Å². The Balaban J connectivity index is 2.57. The van der Waals surface area contributed by atoms with Crippen molar-refractivity contribution in [2.75, 3.05) is 7.11 Å². The summed E-state index contributed by atoms with van der Waals surface area (Å²) in [6.45, 7) is 2.03. The number of carbonyl (C=O) groups is 1. The largest absolute Gasteiger partial charge is 0.496 e. The van der Waals surface area contributed by atoms with E-state index in [1.54, 1.807) is 7.11 Å². The van der Waals surface area contributed by atoms with Gasteiger partial charge in [-0.3, -0.25) is 4.79 Å². The predicted molar refractivity (Wildman–Crippen MR) is 72.3 cm³/mol. The topological polar surface area (TPSA) is 78.3 Å². The molecule has 18 heavy (non-hydrogen) atoms. The van der Waals surface area contributed by atoms with Crippen molar-refractivity contribution in [1.82, 2.24) is 0 Å². The van der Waals surface area contributed by atoms with Crippen LogP contribution >= 0.6 is 0 Å². The van der Waals surface area contributed by atoms with Crippen LogP contribution in [0.25, 0.3) is 0 Å². The third-order valence-electron chi connectivity index (χ3n) is 2.97. The summed E-state index contributed by atoms with van der Waals surface area (Å²) in [4.78, 5) is 10.6. The zero-order chi connectivity index (χ0) is 13.5. The van der Waals surface area contributed by atoms with Gasteiger partial charge in [0.2, 0.25) is 5.91 Å². The van der Waals surface area contributed by atoms with Crippen LogP contribution < -0.4 is 16.2 Å². The number of methoxy groups -OCH3 is 1. The van der Waals surface area contributed by atoms with Crippen molar-refractivity contribution in [2.24, 2.45) is 11.5 Å². The van der Waals surface area contributed by atoms with Crippen molar-refractivity contribution in [1.29, 1.82) is 0 Å². The van der Waals surface area contributed by atoms with Crippen LogP contribution in [-0.4, -0.2) is 13.0 Å². The molecule has 0 saturated heterocycles. The summed E-state index contributed by atoms with van der Waals surface area (Å²) in [5.74, 6) is 0.569. The van der Waals surface area contributed by atoms with Crippen LogP contribution in [0.4, 0.5) is 0 Å². The van der Waals surface area contributed by atoms with E-state index in [0.717, 1.165) is 30.6 Å². The first-order valence-electron chi connectivity index (χ1n) is 6.23. The first-order chi connectivity index (χ1) is 8.54.